The first-order valence-electron chi connectivity index (χ1n) is 11.0. The lowest BCUT2D eigenvalue weighted by Crippen LogP contribution is -2.53. The van der Waals surface area contributed by atoms with E-state index in [9.17, 15) is 5.11 Å². The maximum absolute atomic E-state index is 12.4. The molecule has 6 heteroatoms. The van der Waals surface area contributed by atoms with E-state index in [-0.39, 0.29) is 5.90 Å². The Morgan fingerprint density at radius 2 is 1.17 bits per heavy atom. The molecule has 6 nitrogen and oxygen atoms in total. The van der Waals surface area contributed by atoms with E-state index in [0.717, 1.165) is 48.6 Å². The Balaban J connectivity index is 2.03. The summed E-state index contributed by atoms with van der Waals surface area (Å²) in [6, 6.07) is 15.4. The zero-order valence-corrected chi connectivity index (χ0v) is 19.0. The molecule has 0 bridgehead atoms. The number of quaternary nitrogens is 1. The molecule has 0 atom stereocenters. The van der Waals surface area contributed by atoms with Crippen LogP contribution in [0.3, 0.4) is 0 Å². The number of benzene rings is 2. The van der Waals surface area contributed by atoms with Crippen LogP contribution in [0.25, 0.3) is 0 Å². The van der Waals surface area contributed by atoms with E-state index in [2.05, 4.69) is 66.9 Å². The largest absolute Gasteiger partial charge is 0.858 e. The number of likely N-dealkylation sites (N-methyl/N-ethyl adjacent to an activating group) is 1. The predicted molar refractivity (Wildman–Crippen MR) is 124 cm³/mol. The van der Waals surface area contributed by atoms with Gasteiger partial charge in [0.05, 0.1) is 36.7 Å². The van der Waals surface area contributed by atoms with Crippen LogP contribution in [-0.2, 0) is 0 Å². The Kier molecular flexibility index (Phi) is 8.99. The highest BCUT2D eigenvalue weighted by atomic mass is 16.3. The van der Waals surface area contributed by atoms with Crippen LogP contribution < -0.4 is 10.0 Å². The highest BCUT2D eigenvalue weighted by Gasteiger charge is 2.19. The lowest BCUT2D eigenvalue weighted by atomic mass is 10.2. The summed E-state index contributed by atoms with van der Waals surface area (Å²) in [5.74, 6) is -0.0804. The number of rotatable bonds is 11. The third kappa shape index (κ3) is 6.39. The Morgan fingerprint density at radius 1 is 0.733 bits per heavy atom. The van der Waals surface area contributed by atoms with Crippen molar-refractivity contribution >= 4 is 28.6 Å². The van der Waals surface area contributed by atoms with Crippen LogP contribution in [0.1, 0.15) is 34.6 Å². The quantitative estimate of drug-likeness (QED) is 0.221. The summed E-state index contributed by atoms with van der Waals surface area (Å²) in [6.07, 6.45) is 0. The van der Waals surface area contributed by atoms with Crippen LogP contribution in [0.2, 0.25) is 0 Å². The van der Waals surface area contributed by atoms with Gasteiger partial charge in [0.2, 0.25) is 0 Å². The fourth-order valence-corrected chi connectivity index (χ4v) is 3.50. The van der Waals surface area contributed by atoms with Crippen molar-refractivity contribution in [2.45, 2.75) is 34.6 Å². The van der Waals surface area contributed by atoms with Crippen LogP contribution in [0.5, 0.6) is 0 Å². The second-order valence-electron chi connectivity index (χ2n) is 7.36. The van der Waals surface area contributed by atoms with Gasteiger partial charge >= 0.3 is 0 Å². The van der Waals surface area contributed by atoms with E-state index < -0.39 is 0 Å². The van der Waals surface area contributed by atoms with Gasteiger partial charge in [-0.15, -0.1) is 0 Å². The molecule has 2 rings (SSSR count). The summed E-state index contributed by atoms with van der Waals surface area (Å²) < 4.78 is 0.766. The molecule has 0 unspecified atom stereocenters. The van der Waals surface area contributed by atoms with Gasteiger partial charge in [0.25, 0.3) is 0 Å². The molecule has 0 saturated heterocycles. The van der Waals surface area contributed by atoms with Crippen molar-refractivity contribution in [3.8, 4) is 0 Å². The zero-order chi connectivity index (χ0) is 22.0. The van der Waals surface area contributed by atoms with Crippen molar-refractivity contribution in [3.63, 3.8) is 0 Å². The van der Waals surface area contributed by atoms with Crippen molar-refractivity contribution < 1.29 is 9.59 Å². The Hall–Kier alpha value is -2.73. The Morgan fingerprint density at radius 3 is 1.60 bits per heavy atom. The minimum atomic E-state index is -0.0804. The first-order valence-corrected chi connectivity index (χ1v) is 11.0. The molecule has 2 aromatic rings. The average Bonchev–Trinajstić information content (AvgIpc) is 2.79. The minimum Gasteiger partial charge on any atom is -0.858 e. The van der Waals surface area contributed by atoms with Gasteiger partial charge < -0.3 is 14.5 Å². The highest BCUT2D eigenvalue weighted by molar-refractivity contribution is 5.76. The molecule has 0 spiro atoms. The van der Waals surface area contributed by atoms with Crippen LogP contribution in [0.4, 0.5) is 22.7 Å². The summed E-state index contributed by atoms with van der Waals surface area (Å²) >= 11 is 0. The van der Waals surface area contributed by atoms with Crippen molar-refractivity contribution in [1.82, 2.24) is 0 Å². The zero-order valence-electron chi connectivity index (χ0n) is 19.0. The predicted octanol–water partition coefficient (Wildman–Crippen LogP) is 5.22. The van der Waals surface area contributed by atoms with Crippen LogP contribution in [-0.4, -0.2) is 49.6 Å². The standard InChI is InChI=1S/C24H35N5O/c1-6-28(7-2)23-17-15-22(16-18-23)27-26-21-13-11-20(12-14-21)25-24(30)19-29(8-3,9-4)10-5/h11-18H,6-10,19H2,1-5H3. The van der Waals surface area contributed by atoms with Gasteiger partial charge in [0, 0.05) is 24.7 Å². The van der Waals surface area contributed by atoms with Gasteiger partial charge in [-0.2, -0.15) is 10.2 Å². The van der Waals surface area contributed by atoms with Crippen molar-refractivity contribution in [2.75, 3.05) is 44.2 Å². The maximum atomic E-state index is 12.4. The molecule has 0 radical (unpaired) electrons. The molecule has 2 aromatic carbocycles. The summed E-state index contributed by atoms with van der Waals surface area (Å²) in [7, 11) is 0. The Bertz CT molecular complexity index is 811. The van der Waals surface area contributed by atoms with Crippen molar-refractivity contribution in [3.05, 3.63) is 48.5 Å². The molecule has 0 aromatic heterocycles. The van der Waals surface area contributed by atoms with Gasteiger partial charge in [-0.25, -0.2) is 0 Å². The minimum absolute atomic E-state index is 0.0804. The number of hydrogen-bond donors (Lipinski definition) is 0. The molecular formula is C24H35N5O. The monoisotopic (exact) mass is 409 g/mol. The summed E-state index contributed by atoms with van der Waals surface area (Å²) in [5, 5.41) is 21.0. The second kappa shape index (κ2) is 11.5. The molecule has 0 heterocycles. The number of azo groups is 1. The Labute approximate surface area is 181 Å². The summed E-state index contributed by atoms with van der Waals surface area (Å²) in [6.45, 7) is 15.9. The fraction of sp³-hybridized carbons (Fsp3) is 0.458. The van der Waals surface area contributed by atoms with E-state index in [4.69, 9.17) is 0 Å². The molecule has 162 valence electrons. The second-order valence-corrected chi connectivity index (χ2v) is 7.36. The van der Waals surface area contributed by atoms with Gasteiger partial charge in [0.1, 0.15) is 6.54 Å². The summed E-state index contributed by atoms with van der Waals surface area (Å²) in [5.41, 5.74) is 3.38. The number of anilines is 1. The third-order valence-electron chi connectivity index (χ3n) is 5.85. The molecule has 0 N–H and O–H groups in total. The molecule has 0 amide bonds. The van der Waals surface area contributed by atoms with Gasteiger partial charge in [0.15, 0.2) is 0 Å². The smallest absolute Gasteiger partial charge is 0.108 e. The molecule has 30 heavy (non-hydrogen) atoms. The van der Waals surface area contributed by atoms with Crippen LogP contribution in [0.15, 0.2) is 63.8 Å². The third-order valence-corrected chi connectivity index (χ3v) is 5.85. The normalized spacial score (nSPS) is 12.5. The highest BCUT2D eigenvalue weighted by Crippen LogP contribution is 2.24. The van der Waals surface area contributed by atoms with Gasteiger partial charge in [-0.3, -0.25) is 4.99 Å². The first-order chi connectivity index (χ1) is 14.5. The van der Waals surface area contributed by atoms with Crippen molar-refractivity contribution in [1.29, 1.82) is 0 Å². The number of aliphatic imine (C=N–C) groups is 1. The van der Waals surface area contributed by atoms with Crippen molar-refractivity contribution in [2.24, 2.45) is 15.2 Å². The van der Waals surface area contributed by atoms with Gasteiger partial charge in [-0.05, 0) is 83.1 Å². The van der Waals surface area contributed by atoms with E-state index >= 15 is 0 Å². The SMILES string of the molecule is CCN(CC)c1ccc(N=Nc2ccc(N=C([O-])C[N+](CC)(CC)CC)cc2)cc1. The van der Waals surface area contributed by atoms with Crippen LogP contribution >= 0.6 is 0 Å². The van der Waals surface area contributed by atoms with E-state index in [0.29, 0.717) is 12.2 Å². The number of nitrogens with zero attached hydrogens (tertiary/aromatic N) is 5. The van der Waals surface area contributed by atoms with Crippen LogP contribution in [0, 0.1) is 0 Å². The molecule has 0 aliphatic carbocycles. The molecule has 0 fully saturated rings. The van der Waals surface area contributed by atoms with E-state index in [1.807, 2.05) is 36.4 Å². The summed E-state index contributed by atoms with van der Waals surface area (Å²) in [4.78, 5) is 6.54. The first kappa shape index (κ1) is 23.5. The maximum Gasteiger partial charge on any atom is 0.108 e. The lowest BCUT2D eigenvalue weighted by Gasteiger charge is -2.37. The number of hydrogen-bond acceptors (Lipinski definition) is 5. The topological polar surface area (TPSA) is 63.4 Å². The van der Waals surface area contributed by atoms with E-state index in [1.54, 1.807) is 0 Å². The molecule has 0 aliphatic rings. The van der Waals surface area contributed by atoms with E-state index in [1.165, 1.54) is 5.69 Å². The van der Waals surface area contributed by atoms with Gasteiger partial charge in [-0.1, -0.05) is 0 Å². The average molecular weight is 410 g/mol. The molecule has 0 aliphatic heterocycles. The lowest BCUT2D eigenvalue weighted by molar-refractivity contribution is -0.916. The molecule has 0 saturated carbocycles. The fourth-order valence-electron chi connectivity index (χ4n) is 3.50. The molecular weight excluding hydrogens is 374 g/mol.